The Morgan fingerprint density at radius 1 is 1.00 bits per heavy atom. The number of cyclic esters (lactones) is 1. The van der Waals surface area contributed by atoms with Crippen molar-refractivity contribution in [1.82, 2.24) is 9.97 Å². The molecule has 1 atom stereocenters. The highest BCUT2D eigenvalue weighted by atomic mass is 16.6. The zero-order valence-corrected chi connectivity index (χ0v) is 23.2. The summed E-state index contributed by atoms with van der Waals surface area (Å²) in [5.74, 6) is 1.91. The monoisotopic (exact) mass is 534 g/mol. The Morgan fingerprint density at radius 2 is 1.74 bits per heavy atom. The molecular weight excluding hydrogens is 496 g/mol. The van der Waals surface area contributed by atoms with Gasteiger partial charge in [-0.05, 0) is 89.5 Å². The number of amides is 2. The molecule has 0 bridgehead atoms. The first-order valence-electron chi connectivity index (χ1n) is 14.0. The number of aromatic nitrogens is 2. The number of carbonyl (C=O) groups excluding carboxylic acids is 2. The summed E-state index contributed by atoms with van der Waals surface area (Å²) in [6.45, 7) is 10.5. The van der Waals surface area contributed by atoms with E-state index in [4.69, 9.17) is 14.7 Å². The molecule has 4 fully saturated rings. The molecule has 1 aliphatic carbocycles. The van der Waals surface area contributed by atoms with Crippen LogP contribution >= 0.6 is 0 Å². The minimum absolute atomic E-state index is 0.282. The summed E-state index contributed by atoms with van der Waals surface area (Å²) in [6.07, 6.45) is 4.52. The number of aliphatic hydroxyl groups excluding tert-OH is 1. The number of anilines is 4. The highest BCUT2D eigenvalue weighted by Crippen LogP contribution is 2.54. The SMILES string of the molecule is CC1(C)COC(=O)N1c1ccc(C(=O)Nc2cccc(N3CCC(O)C3(C)C)n2)c(N2CCC3(CC2)CC3)n1. The van der Waals surface area contributed by atoms with Crippen molar-refractivity contribution in [1.29, 1.82) is 0 Å². The van der Waals surface area contributed by atoms with E-state index in [1.54, 1.807) is 23.1 Å². The van der Waals surface area contributed by atoms with Gasteiger partial charge in [0, 0.05) is 19.6 Å². The van der Waals surface area contributed by atoms with Crippen LogP contribution in [0.5, 0.6) is 0 Å². The van der Waals surface area contributed by atoms with Gasteiger partial charge < -0.3 is 25.0 Å². The average molecular weight is 535 g/mol. The molecule has 5 heterocycles. The minimum atomic E-state index is -0.535. The Labute approximate surface area is 229 Å². The van der Waals surface area contributed by atoms with E-state index in [1.807, 2.05) is 39.8 Å². The maximum Gasteiger partial charge on any atom is 0.416 e. The molecule has 1 saturated carbocycles. The summed E-state index contributed by atoms with van der Waals surface area (Å²) in [4.78, 5) is 41.7. The molecule has 2 aromatic heterocycles. The quantitative estimate of drug-likeness (QED) is 0.587. The summed E-state index contributed by atoms with van der Waals surface area (Å²) in [5.41, 5.74) is -0.0643. The van der Waals surface area contributed by atoms with Gasteiger partial charge in [-0.1, -0.05) is 6.07 Å². The van der Waals surface area contributed by atoms with Crippen LogP contribution in [-0.4, -0.2) is 70.5 Å². The van der Waals surface area contributed by atoms with E-state index in [0.29, 0.717) is 47.2 Å². The normalized spacial score (nSPS) is 24.7. The fraction of sp³-hybridized carbons (Fsp3) is 0.586. The first-order valence-corrected chi connectivity index (χ1v) is 14.0. The number of aliphatic hydroxyl groups is 1. The molecule has 0 radical (unpaired) electrons. The molecule has 2 N–H and O–H groups in total. The number of hydrogen-bond donors (Lipinski definition) is 2. The summed E-state index contributed by atoms with van der Waals surface area (Å²) in [7, 11) is 0. The standard InChI is InChI=1S/C29H38N6O4/c1-27(2)18-39-26(38)35(27)23-9-8-19(24(32-23)33-16-13-29(11-12-29)14-17-33)25(37)31-21-6-5-7-22(30-21)34-15-10-20(36)28(34,3)4/h5-9,20,36H,10-18H2,1-4H3,(H,30,31,37). The smallest absolute Gasteiger partial charge is 0.416 e. The summed E-state index contributed by atoms with van der Waals surface area (Å²) >= 11 is 0. The van der Waals surface area contributed by atoms with E-state index in [1.165, 1.54) is 12.8 Å². The number of piperidine rings is 1. The van der Waals surface area contributed by atoms with E-state index in [9.17, 15) is 14.7 Å². The second-order valence-electron chi connectivity index (χ2n) is 12.7. The maximum atomic E-state index is 13.7. The molecule has 4 aliphatic rings. The maximum absolute atomic E-state index is 13.7. The fourth-order valence-electron chi connectivity index (χ4n) is 6.18. The molecule has 0 aromatic carbocycles. The van der Waals surface area contributed by atoms with Gasteiger partial charge >= 0.3 is 6.09 Å². The van der Waals surface area contributed by atoms with Gasteiger partial charge in [-0.3, -0.25) is 9.69 Å². The lowest BCUT2D eigenvalue weighted by atomic mass is 9.93. The molecular formula is C29H38N6O4. The average Bonchev–Trinajstić information content (AvgIpc) is 3.51. The third kappa shape index (κ3) is 4.58. The van der Waals surface area contributed by atoms with Gasteiger partial charge in [0.2, 0.25) is 0 Å². The molecule has 6 rings (SSSR count). The molecule has 1 unspecified atom stereocenters. The molecule has 2 amide bonds. The highest BCUT2D eigenvalue weighted by molar-refractivity contribution is 6.07. The lowest BCUT2D eigenvalue weighted by molar-refractivity contribution is 0.102. The highest BCUT2D eigenvalue weighted by Gasteiger charge is 2.46. The van der Waals surface area contributed by atoms with Crippen molar-refractivity contribution >= 4 is 35.3 Å². The van der Waals surface area contributed by atoms with E-state index in [-0.39, 0.29) is 12.5 Å². The van der Waals surface area contributed by atoms with Crippen LogP contribution in [0.2, 0.25) is 0 Å². The van der Waals surface area contributed by atoms with Crippen LogP contribution in [-0.2, 0) is 4.74 Å². The van der Waals surface area contributed by atoms with Gasteiger partial charge in [0.25, 0.3) is 5.91 Å². The van der Waals surface area contributed by atoms with Crippen molar-refractivity contribution in [3.63, 3.8) is 0 Å². The molecule has 208 valence electrons. The number of rotatable bonds is 5. The molecule has 3 saturated heterocycles. The van der Waals surface area contributed by atoms with E-state index < -0.39 is 23.3 Å². The Morgan fingerprint density at radius 3 is 2.36 bits per heavy atom. The van der Waals surface area contributed by atoms with Gasteiger partial charge in [0.15, 0.2) is 0 Å². The Bertz CT molecular complexity index is 1300. The second-order valence-corrected chi connectivity index (χ2v) is 12.7. The number of carbonyl (C=O) groups is 2. The lowest BCUT2D eigenvalue weighted by Gasteiger charge is -2.35. The molecule has 3 aliphatic heterocycles. The van der Waals surface area contributed by atoms with E-state index in [0.717, 1.165) is 25.9 Å². The number of ether oxygens (including phenoxy) is 1. The lowest BCUT2D eigenvalue weighted by Crippen LogP contribution is -2.45. The van der Waals surface area contributed by atoms with Crippen LogP contribution in [0.3, 0.4) is 0 Å². The van der Waals surface area contributed by atoms with Gasteiger partial charge in [-0.2, -0.15) is 0 Å². The summed E-state index contributed by atoms with van der Waals surface area (Å²) in [5, 5.41) is 13.4. The van der Waals surface area contributed by atoms with Crippen LogP contribution in [0.4, 0.5) is 28.1 Å². The number of pyridine rings is 2. The fourth-order valence-corrected chi connectivity index (χ4v) is 6.18. The number of nitrogens with one attached hydrogen (secondary N) is 1. The van der Waals surface area contributed by atoms with Crippen molar-refractivity contribution in [2.24, 2.45) is 5.41 Å². The van der Waals surface area contributed by atoms with Gasteiger partial charge in [0.05, 0.1) is 22.7 Å². The number of hydrogen-bond acceptors (Lipinski definition) is 8. The zero-order chi connectivity index (χ0) is 27.6. The molecule has 2 aromatic rings. The largest absolute Gasteiger partial charge is 0.447 e. The third-order valence-electron chi connectivity index (χ3n) is 9.14. The van der Waals surface area contributed by atoms with Crippen molar-refractivity contribution in [2.75, 3.05) is 46.3 Å². The predicted molar refractivity (Wildman–Crippen MR) is 149 cm³/mol. The number of nitrogens with zero attached hydrogens (tertiary/aromatic N) is 5. The first-order chi connectivity index (χ1) is 18.5. The van der Waals surface area contributed by atoms with Gasteiger partial charge in [-0.15, -0.1) is 0 Å². The van der Waals surface area contributed by atoms with Crippen molar-refractivity contribution in [3.05, 3.63) is 35.9 Å². The Balaban J connectivity index is 1.29. The first kappa shape index (κ1) is 25.9. The molecule has 39 heavy (non-hydrogen) atoms. The van der Waals surface area contributed by atoms with Gasteiger partial charge in [0.1, 0.15) is 29.9 Å². The Hall–Kier alpha value is -3.40. The van der Waals surface area contributed by atoms with Crippen LogP contribution in [0, 0.1) is 5.41 Å². The predicted octanol–water partition coefficient (Wildman–Crippen LogP) is 4.19. The topological polar surface area (TPSA) is 111 Å². The van der Waals surface area contributed by atoms with Crippen molar-refractivity contribution in [2.45, 2.75) is 77.0 Å². The third-order valence-corrected chi connectivity index (χ3v) is 9.14. The summed E-state index contributed by atoms with van der Waals surface area (Å²) < 4.78 is 5.31. The van der Waals surface area contributed by atoms with E-state index in [2.05, 4.69) is 15.1 Å². The molecule has 1 spiro atoms. The minimum Gasteiger partial charge on any atom is -0.447 e. The van der Waals surface area contributed by atoms with E-state index >= 15 is 0 Å². The van der Waals surface area contributed by atoms with Crippen LogP contribution in [0.1, 0.15) is 70.2 Å². The van der Waals surface area contributed by atoms with Crippen LogP contribution in [0.15, 0.2) is 30.3 Å². The molecule has 10 nitrogen and oxygen atoms in total. The van der Waals surface area contributed by atoms with Crippen molar-refractivity contribution < 1.29 is 19.4 Å². The summed E-state index contributed by atoms with van der Waals surface area (Å²) in [6, 6.07) is 9.00. The Kier molecular flexibility index (Phi) is 6.02. The van der Waals surface area contributed by atoms with Crippen LogP contribution < -0.4 is 20.0 Å². The molecule has 10 heteroatoms. The second kappa shape index (κ2) is 9.08. The van der Waals surface area contributed by atoms with Gasteiger partial charge in [-0.25, -0.2) is 14.8 Å². The van der Waals surface area contributed by atoms with Crippen LogP contribution in [0.25, 0.3) is 0 Å². The van der Waals surface area contributed by atoms with Crippen molar-refractivity contribution in [3.8, 4) is 0 Å². The zero-order valence-electron chi connectivity index (χ0n) is 23.2.